The standard InChI is InChI=1S/C15H19N3O4S/c1-4-23(20,21)11-8-18(9-11)14(19)10-5-6-12-13(7-10)16-17(2)15(12)22-3/h5-7,11H,4,8-9H2,1-3H3. The number of fused-ring (bicyclic) bond motifs is 1. The quantitative estimate of drug-likeness (QED) is 0.826. The first kappa shape index (κ1) is 15.8. The van der Waals surface area contributed by atoms with E-state index in [-0.39, 0.29) is 24.7 Å². The summed E-state index contributed by atoms with van der Waals surface area (Å²) in [6.45, 7) is 2.15. The van der Waals surface area contributed by atoms with E-state index in [9.17, 15) is 13.2 Å². The van der Waals surface area contributed by atoms with Crippen molar-refractivity contribution in [1.29, 1.82) is 0 Å². The highest BCUT2D eigenvalue weighted by Gasteiger charge is 2.38. The van der Waals surface area contributed by atoms with Gasteiger partial charge in [0.2, 0.25) is 5.88 Å². The maximum Gasteiger partial charge on any atom is 0.254 e. The third-order valence-corrected chi connectivity index (χ3v) is 6.38. The Kier molecular flexibility index (Phi) is 3.79. The van der Waals surface area contributed by atoms with E-state index >= 15 is 0 Å². The summed E-state index contributed by atoms with van der Waals surface area (Å²) in [5.41, 5.74) is 1.18. The molecule has 1 aromatic heterocycles. The molecule has 1 fully saturated rings. The van der Waals surface area contributed by atoms with Gasteiger partial charge in [0, 0.05) is 31.5 Å². The van der Waals surface area contributed by atoms with E-state index in [2.05, 4.69) is 5.10 Å². The Balaban J connectivity index is 1.81. The zero-order valence-corrected chi connectivity index (χ0v) is 14.1. The minimum Gasteiger partial charge on any atom is -0.481 e. The van der Waals surface area contributed by atoms with E-state index in [1.807, 2.05) is 0 Å². The summed E-state index contributed by atoms with van der Waals surface area (Å²) in [6.07, 6.45) is 0. The lowest BCUT2D eigenvalue weighted by molar-refractivity contribution is 0.0659. The van der Waals surface area contributed by atoms with E-state index in [4.69, 9.17) is 4.74 Å². The van der Waals surface area contributed by atoms with Crippen LogP contribution in [0.4, 0.5) is 0 Å². The number of hydrogen-bond donors (Lipinski definition) is 0. The van der Waals surface area contributed by atoms with Gasteiger partial charge in [0.1, 0.15) is 0 Å². The highest BCUT2D eigenvalue weighted by atomic mass is 32.2. The van der Waals surface area contributed by atoms with Gasteiger partial charge in [-0.05, 0) is 18.2 Å². The van der Waals surface area contributed by atoms with E-state index in [1.54, 1.807) is 48.9 Å². The molecule has 2 heterocycles. The summed E-state index contributed by atoms with van der Waals surface area (Å²) in [6, 6.07) is 5.23. The Hall–Kier alpha value is -2.09. The summed E-state index contributed by atoms with van der Waals surface area (Å²) >= 11 is 0. The van der Waals surface area contributed by atoms with Gasteiger partial charge < -0.3 is 9.64 Å². The maximum atomic E-state index is 12.5. The number of nitrogens with zero attached hydrogens (tertiary/aromatic N) is 3. The lowest BCUT2D eigenvalue weighted by Crippen LogP contribution is -2.57. The number of ether oxygens (including phenoxy) is 1. The predicted octanol–water partition coefficient (Wildman–Crippen LogP) is 0.841. The zero-order valence-electron chi connectivity index (χ0n) is 13.3. The van der Waals surface area contributed by atoms with E-state index in [0.717, 1.165) is 5.39 Å². The number of likely N-dealkylation sites (tertiary alicyclic amines) is 1. The molecule has 23 heavy (non-hydrogen) atoms. The minimum atomic E-state index is -3.08. The topological polar surface area (TPSA) is 81.5 Å². The van der Waals surface area contributed by atoms with Crippen molar-refractivity contribution in [3.05, 3.63) is 23.8 Å². The van der Waals surface area contributed by atoms with Crippen molar-refractivity contribution in [2.45, 2.75) is 12.2 Å². The molecule has 1 aliphatic rings. The van der Waals surface area contributed by atoms with Crippen molar-refractivity contribution in [2.24, 2.45) is 7.05 Å². The van der Waals surface area contributed by atoms with Crippen molar-refractivity contribution >= 4 is 26.6 Å². The highest BCUT2D eigenvalue weighted by molar-refractivity contribution is 7.92. The third kappa shape index (κ3) is 2.56. The average molecular weight is 337 g/mol. The maximum absolute atomic E-state index is 12.5. The highest BCUT2D eigenvalue weighted by Crippen LogP contribution is 2.27. The SMILES string of the molecule is CCS(=O)(=O)C1CN(C(=O)c2ccc3c(OC)n(C)nc3c2)C1. The number of carbonyl (C=O) groups excluding carboxylic acids is 1. The first-order chi connectivity index (χ1) is 10.9. The Morgan fingerprint density at radius 3 is 2.70 bits per heavy atom. The predicted molar refractivity (Wildman–Crippen MR) is 86.4 cm³/mol. The van der Waals surface area contributed by atoms with Gasteiger partial charge in [-0.2, -0.15) is 5.10 Å². The summed E-state index contributed by atoms with van der Waals surface area (Å²) in [5, 5.41) is 4.72. The number of carbonyl (C=O) groups is 1. The molecule has 0 radical (unpaired) electrons. The molecule has 0 saturated carbocycles. The number of sulfone groups is 1. The molecule has 124 valence electrons. The molecule has 1 saturated heterocycles. The summed E-state index contributed by atoms with van der Waals surface area (Å²) < 4.78 is 30.4. The molecular weight excluding hydrogens is 318 g/mol. The Bertz CT molecular complexity index is 866. The molecule has 0 N–H and O–H groups in total. The molecular formula is C15H19N3O4S. The van der Waals surface area contributed by atoms with Crippen molar-refractivity contribution in [1.82, 2.24) is 14.7 Å². The minimum absolute atomic E-state index is 0.111. The van der Waals surface area contributed by atoms with Crippen molar-refractivity contribution in [2.75, 3.05) is 26.0 Å². The van der Waals surface area contributed by atoms with Crippen LogP contribution in [0, 0.1) is 0 Å². The van der Waals surface area contributed by atoms with Crippen LogP contribution in [-0.4, -0.2) is 60.2 Å². The number of aryl methyl sites for hydroxylation is 1. The summed E-state index contributed by atoms with van der Waals surface area (Å²) in [5.74, 6) is 0.579. The van der Waals surface area contributed by atoms with Crippen LogP contribution in [0.25, 0.3) is 10.9 Å². The van der Waals surface area contributed by atoms with E-state index in [0.29, 0.717) is 17.0 Å². The van der Waals surface area contributed by atoms with Gasteiger partial charge in [-0.15, -0.1) is 0 Å². The second kappa shape index (κ2) is 5.52. The molecule has 0 aliphatic carbocycles. The van der Waals surface area contributed by atoms with Crippen molar-refractivity contribution in [3.8, 4) is 5.88 Å². The van der Waals surface area contributed by atoms with Gasteiger partial charge in [-0.3, -0.25) is 4.79 Å². The Morgan fingerprint density at radius 2 is 2.09 bits per heavy atom. The molecule has 1 amide bonds. The summed E-state index contributed by atoms with van der Waals surface area (Å²) in [4.78, 5) is 14.0. The fraction of sp³-hybridized carbons (Fsp3) is 0.467. The molecule has 0 bridgehead atoms. The second-order valence-electron chi connectivity index (χ2n) is 5.65. The van der Waals surface area contributed by atoms with Crippen LogP contribution in [0.2, 0.25) is 0 Å². The fourth-order valence-electron chi connectivity index (χ4n) is 2.80. The normalized spacial score (nSPS) is 15.7. The Labute approximate surface area is 134 Å². The summed E-state index contributed by atoms with van der Waals surface area (Å²) in [7, 11) is 0.271. The van der Waals surface area contributed by atoms with Crippen molar-refractivity contribution in [3.63, 3.8) is 0 Å². The Morgan fingerprint density at radius 1 is 1.39 bits per heavy atom. The lowest BCUT2D eigenvalue weighted by Gasteiger charge is -2.38. The van der Waals surface area contributed by atoms with Crippen LogP contribution in [0.5, 0.6) is 5.88 Å². The molecule has 0 unspecified atom stereocenters. The molecule has 0 atom stereocenters. The van der Waals surface area contributed by atoms with Crippen LogP contribution >= 0.6 is 0 Å². The van der Waals surface area contributed by atoms with Crippen LogP contribution in [0.3, 0.4) is 0 Å². The van der Waals surface area contributed by atoms with Crippen LogP contribution in [0.15, 0.2) is 18.2 Å². The van der Waals surface area contributed by atoms with E-state index in [1.165, 1.54) is 0 Å². The molecule has 3 rings (SSSR count). The van der Waals surface area contributed by atoms with Gasteiger partial charge in [-0.25, -0.2) is 13.1 Å². The number of aromatic nitrogens is 2. The van der Waals surface area contributed by atoms with Crippen LogP contribution in [0.1, 0.15) is 17.3 Å². The third-order valence-electron chi connectivity index (χ3n) is 4.27. The largest absolute Gasteiger partial charge is 0.481 e. The average Bonchev–Trinajstić information content (AvgIpc) is 2.79. The molecule has 7 nitrogen and oxygen atoms in total. The van der Waals surface area contributed by atoms with Crippen LogP contribution < -0.4 is 4.74 Å². The smallest absolute Gasteiger partial charge is 0.254 e. The van der Waals surface area contributed by atoms with Gasteiger partial charge in [0.05, 0.1) is 23.3 Å². The lowest BCUT2D eigenvalue weighted by atomic mass is 10.1. The van der Waals surface area contributed by atoms with Crippen LogP contribution in [-0.2, 0) is 16.9 Å². The van der Waals surface area contributed by atoms with E-state index < -0.39 is 15.1 Å². The van der Waals surface area contributed by atoms with Gasteiger partial charge in [0.25, 0.3) is 5.91 Å². The van der Waals surface area contributed by atoms with Gasteiger partial charge in [-0.1, -0.05) is 6.92 Å². The first-order valence-electron chi connectivity index (χ1n) is 7.39. The zero-order chi connectivity index (χ0) is 16.8. The molecule has 2 aromatic rings. The molecule has 8 heteroatoms. The van der Waals surface area contributed by atoms with Gasteiger partial charge in [0.15, 0.2) is 9.84 Å². The molecule has 1 aromatic carbocycles. The fourth-order valence-corrected chi connectivity index (χ4v) is 4.09. The van der Waals surface area contributed by atoms with Crippen molar-refractivity contribution < 1.29 is 17.9 Å². The number of benzene rings is 1. The van der Waals surface area contributed by atoms with Gasteiger partial charge >= 0.3 is 0 Å². The molecule has 1 aliphatic heterocycles. The number of rotatable bonds is 4. The number of methoxy groups -OCH3 is 1. The monoisotopic (exact) mass is 337 g/mol. The second-order valence-corrected chi connectivity index (χ2v) is 8.22. The first-order valence-corrected chi connectivity index (χ1v) is 9.10. The number of amides is 1. The molecule has 0 spiro atoms. The number of hydrogen-bond acceptors (Lipinski definition) is 5.